The van der Waals surface area contributed by atoms with Crippen molar-refractivity contribution in [2.75, 3.05) is 13.1 Å². The van der Waals surface area contributed by atoms with Gasteiger partial charge in [-0.3, -0.25) is 14.8 Å². The van der Waals surface area contributed by atoms with Crippen molar-refractivity contribution in [2.24, 2.45) is 5.92 Å². The summed E-state index contributed by atoms with van der Waals surface area (Å²) in [5.41, 5.74) is 2.36. The van der Waals surface area contributed by atoms with Crippen molar-refractivity contribution in [3.8, 4) is 0 Å². The standard InChI is InChI=1S/C18H23N3O2/c22-18(23)10-17(15-4-2-1-3-5-15)16-6-8-21(9-7-16)13-14-11-19-20-12-14/h1-5,11-12,16-17H,6-10,13H2,(H,19,20)(H,22,23). The Labute approximate surface area is 136 Å². The highest BCUT2D eigenvalue weighted by Gasteiger charge is 2.29. The van der Waals surface area contributed by atoms with E-state index in [-0.39, 0.29) is 12.3 Å². The number of benzene rings is 1. The summed E-state index contributed by atoms with van der Waals surface area (Å²) in [4.78, 5) is 13.7. The van der Waals surface area contributed by atoms with Gasteiger partial charge in [-0.15, -0.1) is 0 Å². The first-order chi connectivity index (χ1) is 11.2. The number of aliphatic carboxylic acids is 1. The first-order valence-electron chi connectivity index (χ1n) is 8.19. The Kier molecular flexibility index (Phi) is 5.08. The topological polar surface area (TPSA) is 69.2 Å². The fourth-order valence-corrected chi connectivity index (χ4v) is 3.58. The van der Waals surface area contributed by atoms with Crippen molar-refractivity contribution in [1.29, 1.82) is 0 Å². The molecule has 0 aliphatic carbocycles. The van der Waals surface area contributed by atoms with Crippen LogP contribution >= 0.6 is 0 Å². The number of aromatic amines is 1. The van der Waals surface area contributed by atoms with Gasteiger partial charge in [0.15, 0.2) is 0 Å². The van der Waals surface area contributed by atoms with Gasteiger partial charge in [-0.05, 0) is 43.3 Å². The van der Waals surface area contributed by atoms with Gasteiger partial charge in [-0.2, -0.15) is 5.10 Å². The second-order valence-electron chi connectivity index (χ2n) is 6.34. The summed E-state index contributed by atoms with van der Waals surface area (Å²) in [6.07, 6.45) is 6.11. The van der Waals surface area contributed by atoms with Crippen LogP contribution in [0.25, 0.3) is 0 Å². The molecule has 0 bridgehead atoms. The maximum Gasteiger partial charge on any atom is 0.303 e. The first kappa shape index (κ1) is 15.7. The maximum atomic E-state index is 11.3. The lowest BCUT2D eigenvalue weighted by Gasteiger charge is -2.35. The van der Waals surface area contributed by atoms with Crippen LogP contribution in [0.2, 0.25) is 0 Å². The summed E-state index contributed by atoms with van der Waals surface area (Å²) in [7, 11) is 0. The van der Waals surface area contributed by atoms with Gasteiger partial charge in [0.1, 0.15) is 0 Å². The van der Waals surface area contributed by atoms with Gasteiger partial charge < -0.3 is 5.11 Å². The van der Waals surface area contributed by atoms with E-state index in [9.17, 15) is 9.90 Å². The molecule has 122 valence electrons. The molecule has 0 saturated carbocycles. The monoisotopic (exact) mass is 313 g/mol. The molecule has 2 N–H and O–H groups in total. The zero-order valence-electron chi connectivity index (χ0n) is 13.2. The maximum absolute atomic E-state index is 11.3. The Bertz CT molecular complexity index is 604. The largest absolute Gasteiger partial charge is 0.481 e. The van der Waals surface area contributed by atoms with E-state index in [1.165, 1.54) is 5.56 Å². The molecule has 1 aliphatic rings. The van der Waals surface area contributed by atoms with Crippen LogP contribution in [0.15, 0.2) is 42.7 Å². The van der Waals surface area contributed by atoms with Crippen LogP contribution in [0.1, 0.15) is 36.3 Å². The third kappa shape index (κ3) is 4.20. The number of carboxylic acids is 1. The summed E-state index contributed by atoms with van der Waals surface area (Å²) in [6.45, 7) is 2.94. The highest BCUT2D eigenvalue weighted by Crippen LogP contribution is 2.35. The van der Waals surface area contributed by atoms with Gasteiger partial charge in [0.05, 0.1) is 12.6 Å². The van der Waals surface area contributed by atoms with Gasteiger partial charge in [-0.25, -0.2) is 0 Å². The zero-order valence-corrected chi connectivity index (χ0v) is 13.2. The number of hydrogen-bond acceptors (Lipinski definition) is 3. The van der Waals surface area contributed by atoms with Crippen molar-refractivity contribution in [2.45, 2.75) is 31.7 Å². The van der Waals surface area contributed by atoms with E-state index in [0.29, 0.717) is 5.92 Å². The molecule has 1 saturated heterocycles. The number of nitrogens with one attached hydrogen (secondary N) is 1. The van der Waals surface area contributed by atoms with E-state index in [2.05, 4.69) is 27.2 Å². The van der Waals surface area contributed by atoms with Crippen molar-refractivity contribution >= 4 is 5.97 Å². The summed E-state index contributed by atoms with van der Waals surface area (Å²) in [5, 5.41) is 16.1. The number of rotatable bonds is 6. The molecular formula is C18H23N3O2. The summed E-state index contributed by atoms with van der Waals surface area (Å²) in [5.74, 6) is -0.154. The van der Waals surface area contributed by atoms with E-state index in [1.807, 2.05) is 30.6 Å². The number of likely N-dealkylation sites (tertiary alicyclic amines) is 1. The number of H-pyrrole nitrogens is 1. The van der Waals surface area contributed by atoms with Crippen LogP contribution < -0.4 is 0 Å². The van der Waals surface area contributed by atoms with Crippen molar-refractivity contribution < 1.29 is 9.90 Å². The second kappa shape index (κ2) is 7.42. The number of piperidine rings is 1. The van der Waals surface area contributed by atoms with E-state index >= 15 is 0 Å². The van der Waals surface area contributed by atoms with Gasteiger partial charge in [0.25, 0.3) is 0 Å². The van der Waals surface area contributed by atoms with E-state index in [1.54, 1.807) is 0 Å². The van der Waals surface area contributed by atoms with Crippen LogP contribution in [-0.2, 0) is 11.3 Å². The van der Waals surface area contributed by atoms with Gasteiger partial charge in [0, 0.05) is 18.3 Å². The minimum Gasteiger partial charge on any atom is -0.481 e. The average Bonchev–Trinajstić information content (AvgIpc) is 3.07. The Morgan fingerprint density at radius 2 is 2.04 bits per heavy atom. The third-order valence-electron chi connectivity index (χ3n) is 4.78. The molecule has 2 heterocycles. The Hall–Kier alpha value is -2.14. The summed E-state index contributed by atoms with van der Waals surface area (Å²) < 4.78 is 0. The smallest absolute Gasteiger partial charge is 0.303 e. The fraction of sp³-hybridized carbons (Fsp3) is 0.444. The quantitative estimate of drug-likeness (QED) is 0.860. The summed E-state index contributed by atoms with van der Waals surface area (Å²) in [6, 6.07) is 10.1. The average molecular weight is 313 g/mol. The lowest BCUT2D eigenvalue weighted by atomic mass is 9.78. The van der Waals surface area contributed by atoms with E-state index in [4.69, 9.17) is 0 Å². The molecule has 0 amide bonds. The Morgan fingerprint density at radius 1 is 1.30 bits per heavy atom. The van der Waals surface area contributed by atoms with Gasteiger partial charge in [-0.1, -0.05) is 30.3 Å². The molecule has 1 aromatic heterocycles. The molecule has 1 unspecified atom stereocenters. The lowest BCUT2D eigenvalue weighted by molar-refractivity contribution is -0.137. The molecule has 0 radical (unpaired) electrons. The predicted molar refractivity (Wildman–Crippen MR) is 88.0 cm³/mol. The minimum absolute atomic E-state index is 0.116. The molecule has 23 heavy (non-hydrogen) atoms. The molecular weight excluding hydrogens is 290 g/mol. The minimum atomic E-state index is -0.709. The molecule has 3 rings (SSSR count). The second-order valence-corrected chi connectivity index (χ2v) is 6.34. The van der Waals surface area contributed by atoms with Crippen molar-refractivity contribution in [3.63, 3.8) is 0 Å². The normalized spacial score (nSPS) is 17.9. The third-order valence-corrected chi connectivity index (χ3v) is 4.78. The number of aromatic nitrogens is 2. The molecule has 1 fully saturated rings. The number of carboxylic acid groups (broad SMARTS) is 1. The van der Waals surface area contributed by atoms with Crippen molar-refractivity contribution in [1.82, 2.24) is 15.1 Å². The zero-order chi connectivity index (χ0) is 16.1. The predicted octanol–water partition coefficient (Wildman–Crippen LogP) is 2.88. The number of hydrogen-bond donors (Lipinski definition) is 2. The molecule has 1 atom stereocenters. The molecule has 2 aromatic rings. The lowest BCUT2D eigenvalue weighted by Crippen LogP contribution is -2.35. The van der Waals surface area contributed by atoms with Crippen LogP contribution in [0.5, 0.6) is 0 Å². The van der Waals surface area contributed by atoms with E-state index < -0.39 is 5.97 Å². The fourth-order valence-electron chi connectivity index (χ4n) is 3.58. The molecule has 1 aromatic carbocycles. The molecule has 1 aliphatic heterocycles. The Morgan fingerprint density at radius 3 is 2.65 bits per heavy atom. The van der Waals surface area contributed by atoms with Crippen LogP contribution in [-0.4, -0.2) is 39.3 Å². The van der Waals surface area contributed by atoms with Crippen LogP contribution in [0.4, 0.5) is 0 Å². The van der Waals surface area contributed by atoms with Gasteiger partial charge >= 0.3 is 5.97 Å². The highest BCUT2D eigenvalue weighted by atomic mass is 16.4. The first-order valence-corrected chi connectivity index (χ1v) is 8.19. The van der Waals surface area contributed by atoms with Crippen LogP contribution in [0.3, 0.4) is 0 Å². The number of nitrogens with zero attached hydrogens (tertiary/aromatic N) is 2. The summed E-state index contributed by atoms with van der Waals surface area (Å²) >= 11 is 0. The molecule has 0 spiro atoms. The van der Waals surface area contributed by atoms with Gasteiger partial charge in [0.2, 0.25) is 0 Å². The number of carbonyl (C=O) groups is 1. The molecule has 5 nitrogen and oxygen atoms in total. The Balaban J connectivity index is 1.62. The van der Waals surface area contributed by atoms with E-state index in [0.717, 1.165) is 38.0 Å². The molecule has 5 heteroatoms. The van der Waals surface area contributed by atoms with Crippen molar-refractivity contribution in [3.05, 3.63) is 53.9 Å². The SMILES string of the molecule is O=C(O)CC(c1ccccc1)C1CCN(Cc2cn[nH]c2)CC1. The van der Waals surface area contributed by atoms with Crippen LogP contribution in [0, 0.1) is 5.92 Å². The highest BCUT2D eigenvalue weighted by molar-refractivity contribution is 5.68.